The summed E-state index contributed by atoms with van der Waals surface area (Å²) in [5.74, 6) is 0.901. The maximum atomic E-state index is 12.7. The number of aryl methyl sites for hydroxylation is 1. The molecular weight excluding hydrogens is 298 g/mol. The number of ether oxygens (including phenoxy) is 1. The van der Waals surface area contributed by atoms with Gasteiger partial charge in [-0.3, -0.25) is 9.36 Å². The van der Waals surface area contributed by atoms with Crippen LogP contribution in [0, 0.1) is 6.92 Å². The molecule has 0 fully saturated rings. The van der Waals surface area contributed by atoms with Crippen LogP contribution in [0.1, 0.15) is 11.1 Å². The molecule has 0 aliphatic heterocycles. The lowest BCUT2D eigenvalue weighted by Gasteiger charge is -2.13. The van der Waals surface area contributed by atoms with E-state index in [4.69, 9.17) is 16.3 Å². The quantitative estimate of drug-likeness (QED) is 0.683. The Bertz CT molecular complexity index is 882. The number of methoxy groups -OCH3 is 1. The lowest BCUT2D eigenvalue weighted by Crippen LogP contribution is -2.22. The number of hydrogen-bond acceptors (Lipinski definition) is 2. The van der Waals surface area contributed by atoms with E-state index in [0.717, 1.165) is 22.2 Å². The number of alkyl halides is 1. The molecule has 2 aromatic carbocycles. The SMILES string of the molecule is COc1ccc2cc(CCl)c(=O)n(-c3ccc(C)cc3)c2c1. The molecule has 0 spiro atoms. The van der Waals surface area contributed by atoms with E-state index in [9.17, 15) is 4.79 Å². The fourth-order valence-electron chi connectivity index (χ4n) is 2.51. The third-order valence-corrected chi connectivity index (χ3v) is 4.01. The fourth-order valence-corrected chi connectivity index (χ4v) is 2.71. The summed E-state index contributed by atoms with van der Waals surface area (Å²) in [5.41, 5.74) is 3.26. The number of pyridine rings is 1. The van der Waals surface area contributed by atoms with Crippen molar-refractivity contribution in [3.8, 4) is 11.4 Å². The van der Waals surface area contributed by atoms with Gasteiger partial charge in [0.1, 0.15) is 5.75 Å². The van der Waals surface area contributed by atoms with Gasteiger partial charge >= 0.3 is 0 Å². The first-order valence-corrected chi connectivity index (χ1v) is 7.53. The van der Waals surface area contributed by atoms with Crippen LogP contribution in [0.15, 0.2) is 53.3 Å². The molecule has 4 heteroatoms. The highest BCUT2D eigenvalue weighted by Gasteiger charge is 2.11. The normalized spacial score (nSPS) is 10.9. The van der Waals surface area contributed by atoms with Gasteiger partial charge in [0.15, 0.2) is 0 Å². The topological polar surface area (TPSA) is 31.2 Å². The average Bonchev–Trinajstić information content (AvgIpc) is 2.55. The smallest absolute Gasteiger partial charge is 0.260 e. The van der Waals surface area contributed by atoms with Gasteiger partial charge in [-0.1, -0.05) is 17.7 Å². The van der Waals surface area contributed by atoms with Crippen molar-refractivity contribution in [3.63, 3.8) is 0 Å². The van der Waals surface area contributed by atoms with Crippen LogP contribution < -0.4 is 10.3 Å². The summed E-state index contributed by atoms with van der Waals surface area (Å²) in [6.07, 6.45) is 0. The third-order valence-electron chi connectivity index (χ3n) is 3.72. The lowest BCUT2D eigenvalue weighted by atomic mass is 10.1. The van der Waals surface area contributed by atoms with Crippen molar-refractivity contribution in [1.29, 1.82) is 0 Å². The first-order chi connectivity index (χ1) is 10.6. The van der Waals surface area contributed by atoms with E-state index < -0.39 is 0 Å². The highest BCUT2D eigenvalue weighted by atomic mass is 35.5. The number of hydrogen-bond donors (Lipinski definition) is 0. The van der Waals surface area contributed by atoms with Crippen LogP contribution in [0.3, 0.4) is 0 Å². The van der Waals surface area contributed by atoms with Gasteiger partial charge < -0.3 is 4.74 Å². The van der Waals surface area contributed by atoms with E-state index in [1.165, 1.54) is 0 Å². The fraction of sp³-hybridized carbons (Fsp3) is 0.167. The average molecular weight is 314 g/mol. The van der Waals surface area contributed by atoms with Crippen molar-refractivity contribution in [2.24, 2.45) is 0 Å². The molecule has 0 N–H and O–H groups in total. The minimum absolute atomic E-state index is 0.0976. The second-order valence-corrected chi connectivity index (χ2v) is 5.47. The van der Waals surface area contributed by atoms with Crippen molar-refractivity contribution >= 4 is 22.5 Å². The molecule has 0 amide bonds. The molecule has 1 heterocycles. The second kappa shape index (κ2) is 5.85. The Morgan fingerprint density at radius 3 is 2.45 bits per heavy atom. The van der Waals surface area contributed by atoms with E-state index in [2.05, 4.69) is 0 Å². The highest BCUT2D eigenvalue weighted by molar-refractivity contribution is 6.17. The van der Waals surface area contributed by atoms with Gasteiger partial charge in [-0.05, 0) is 42.6 Å². The summed E-state index contributed by atoms with van der Waals surface area (Å²) in [6.45, 7) is 2.02. The second-order valence-electron chi connectivity index (χ2n) is 5.20. The molecule has 0 saturated carbocycles. The molecule has 0 bridgehead atoms. The van der Waals surface area contributed by atoms with Gasteiger partial charge in [-0.25, -0.2) is 0 Å². The van der Waals surface area contributed by atoms with Crippen molar-refractivity contribution in [1.82, 2.24) is 4.57 Å². The van der Waals surface area contributed by atoms with Crippen molar-refractivity contribution in [2.75, 3.05) is 7.11 Å². The molecule has 3 rings (SSSR count). The monoisotopic (exact) mass is 313 g/mol. The number of nitrogens with zero attached hydrogens (tertiary/aromatic N) is 1. The molecule has 0 radical (unpaired) electrons. The number of aromatic nitrogens is 1. The van der Waals surface area contributed by atoms with Gasteiger partial charge in [0.05, 0.1) is 18.5 Å². The standard InChI is InChI=1S/C18H16ClNO2/c1-12-3-6-15(7-4-12)20-17-10-16(22-2)8-5-13(17)9-14(11-19)18(20)21/h3-10H,11H2,1-2H3. The maximum absolute atomic E-state index is 12.7. The zero-order chi connectivity index (χ0) is 15.7. The largest absolute Gasteiger partial charge is 0.497 e. The van der Waals surface area contributed by atoms with Crippen LogP contribution in [0.4, 0.5) is 0 Å². The summed E-state index contributed by atoms with van der Waals surface area (Å²) in [4.78, 5) is 12.7. The number of fused-ring (bicyclic) bond motifs is 1. The van der Waals surface area contributed by atoms with E-state index in [1.807, 2.05) is 55.5 Å². The minimum Gasteiger partial charge on any atom is -0.497 e. The molecule has 0 unspecified atom stereocenters. The Morgan fingerprint density at radius 1 is 1.09 bits per heavy atom. The summed E-state index contributed by atoms with van der Waals surface area (Å²) in [7, 11) is 1.61. The van der Waals surface area contributed by atoms with Crippen LogP contribution in [-0.2, 0) is 5.88 Å². The molecule has 0 atom stereocenters. The predicted octanol–water partition coefficient (Wildman–Crippen LogP) is 4.05. The first-order valence-electron chi connectivity index (χ1n) is 6.99. The molecule has 3 nitrogen and oxygen atoms in total. The van der Waals surface area contributed by atoms with Crippen LogP contribution in [0.5, 0.6) is 5.75 Å². The molecular formula is C18H16ClNO2. The number of benzene rings is 2. The number of halogens is 1. The Kier molecular flexibility index (Phi) is 3.90. The molecule has 0 aliphatic rings. The lowest BCUT2D eigenvalue weighted by molar-refractivity contribution is 0.415. The Morgan fingerprint density at radius 2 is 1.82 bits per heavy atom. The third kappa shape index (κ3) is 2.48. The molecule has 0 saturated heterocycles. The van der Waals surface area contributed by atoms with Gasteiger partial charge in [0.2, 0.25) is 0 Å². The van der Waals surface area contributed by atoms with Crippen molar-refractivity contribution in [3.05, 3.63) is 70.0 Å². The summed E-state index contributed by atoms with van der Waals surface area (Å²) < 4.78 is 6.98. The van der Waals surface area contributed by atoms with Crippen molar-refractivity contribution < 1.29 is 4.74 Å². The Hall–Kier alpha value is -2.26. The molecule has 112 valence electrons. The van der Waals surface area contributed by atoms with Crippen LogP contribution >= 0.6 is 11.6 Å². The van der Waals surface area contributed by atoms with Crippen molar-refractivity contribution in [2.45, 2.75) is 12.8 Å². The van der Waals surface area contributed by atoms with Gasteiger partial charge in [-0.15, -0.1) is 11.6 Å². The molecule has 22 heavy (non-hydrogen) atoms. The van der Waals surface area contributed by atoms with Crippen LogP contribution in [-0.4, -0.2) is 11.7 Å². The van der Waals surface area contributed by atoms with E-state index in [1.54, 1.807) is 11.7 Å². The molecule has 1 aromatic heterocycles. The summed E-state index contributed by atoms with van der Waals surface area (Å²) in [6, 6.07) is 15.4. The zero-order valence-corrected chi connectivity index (χ0v) is 13.2. The Balaban J connectivity index is 2.40. The predicted molar refractivity (Wildman–Crippen MR) is 90.4 cm³/mol. The van der Waals surface area contributed by atoms with Gasteiger partial charge in [-0.2, -0.15) is 0 Å². The zero-order valence-electron chi connectivity index (χ0n) is 12.5. The van der Waals surface area contributed by atoms with Gasteiger partial charge in [0, 0.05) is 17.3 Å². The van der Waals surface area contributed by atoms with Gasteiger partial charge in [0.25, 0.3) is 5.56 Å². The highest BCUT2D eigenvalue weighted by Crippen LogP contribution is 2.23. The Labute approximate surface area is 133 Å². The van der Waals surface area contributed by atoms with Crippen LogP contribution in [0.25, 0.3) is 16.6 Å². The van der Waals surface area contributed by atoms with E-state index in [0.29, 0.717) is 11.3 Å². The maximum Gasteiger partial charge on any atom is 0.260 e. The van der Waals surface area contributed by atoms with Crippen LogP contribution in [0.2, 0.25) is 0 Å². The first kappa shape index (κ1) is 14.7. The minimum atomic E-state index is -0.0976. The summed E-state index contributed by atoms with van der Waals surface area (Å²) in [5, 5.41) is 0.955. The summed E-state index contributed by atoms with van der Waals surface area (Å²) >= 11 is 5.94. The van der Waals surface area contributed by atoms with E-state index in [-0.39, 0.29) is 11.4 Å². The molecule has 0 aliphatic carbocycles. The van der Waals surface area contributed by atoms with E-state index >= 15 is 0 Å². The number of rotatable bonds is 3. The molecule has 3 aromatic rings.